The maximum Gasteiger partial charge on any atom is 0.278 e. The molecule has 2 aromatic rings. The first kappa shape index (κ1) is 17.2. The van der Waals surface area contributed by atoms with Gasteiger partial charge < -0.3 is 9.84 Å². The molecule has 1 amide bonds. The second-order valence-corrected chi connectivity index (χ2v) is 4.97. The number of aromatic hydroxyl groups is 1. The summed E-state index contributed by atoms with van der Waals surface area (Å²) < 4.78 is 5.21. The molecule has 0 spiro atoms. The summed E-state index contributed by atoms with van der Waals surface area (Å²) in [6, 6.07) is 9.94. The summed E-state index contributed by atoms with van der Waals surface area (Å²) in [6.07, 6.45) is 1.07. The number of phenols is 1. The zero-order valence-electron chi connectivity index (χ0n) is 12.2. The number of carbonyl (C=O) groups excluding carboxylic acids is 1. The summed E-state index contributed by atoms with van der Waals surface area (Å²) in [4.78, 5) is 21.8. The smallest absolute Gasteiger partial charge is 0.278 e. The molecule has 0 aliphatic heterocycles. The third kappa shape index (κ3) is 4.96. The third-order valence-electron chi connectivity index (χ3n) is 2.78. The second-order valence-electron chi connectivity index (χ2n) is 4.54. The second kappa shape index (κ2) is 7.93. The van der Waals surface area contributed by atoms with Gasteiger partial charge in [-0.3, -0.25) is 14.9 Å². The van der Waals surface area contributed by atoms with E-state index in [1.807, 2.05) is 0 Å². The van der Waals surface area contributed by atoms with E-state index in [1.54, 1.807) is 24.3 Å². The maximum absolute atomic E-state index is 11.6. The van der Waals surface area contributed by atoms with Gasteiger partial charge in [0.25, 0.3) is 11.6 Å². The van der Waals surface area contributed by atoms with Crippen molar-refractivity contribution >= 4 is 29.4 Å². The van der Waals surface area contributed by atoms with Gasteiger partial charge in [0.05, 0.1) is 16.7 Å². The Balaban J connectivity index is 1.91. The number of nitro groups is 1. The van der Waals surface area contributed by atoms with Gasteiger partial charge in [-0.15, -0.1) is 0 Å². The number of ether oxygens (including phenoxy) is 1. The van der Waals surface area contributed by atoms with Gasteiger partial charge in [-0.25, -0.2) is 5.43 Å². The Morgan fingerprint density at radius 3 is 2.71 bits per heavy atom. The fourth-order valence-corrected chi connectivity index (χ4v) is 1.82. The van der Waals surface area contributed by atoms with Gasteiger partial charge in [-0.2, -0.15) is 5.10 Å². The van der Waals surface area contributed by atoms with Crippen molar-refractivity contribution in [2.75, 3.05) is 6.61 Å². The predicted octanol–water partition coefficient (Wildman–Crippen LogP) is 2.48. The highest BCUT2D eigenvalue weighted by Crippen LogP contribution is 2.21. The molecule has 0 heterocycles. The van der Waals surface area contributed by atoms with Crippen LogP contribution in [-0.4, -0.2) is 28.8 Å². The average molecular weight is 350 g/mol. The Morgan fingerprint density at radius 2 is 2.04 bits per heavy atom. The lowest BCUT2D eigenvalue weighted by Crippen LogP contribution is -2.24. The van der Waals surface area contributed by atoms with E-state index in [0.29, 0.717) is 10.8 Å². The van der Waals surface area contributed by atoms with Crippen molar-refractivity contribution in [3.05, 3.63) is 63.2 Å². The Morgan fingerprint density at radius 1 is 1.33 bits per heavy atom. The number of phenolic OH excluding ortho intramolecular Hbond substituents is 1. The number of halogens is 1. The van der Waals surface area contributed by atoms with Crippen LogP contribution in [-0.2, 0) is 4.79 Å². The van der Waals surface area contributed by atoms with Crippen molar-refractivity contribution < 1.29 is 19.6 Å². The highest BCUT2D eigenvalue weighted by Gasteiger charge is 2.12. The standard InChI is InChI=1S/C15H12ClN3O5/c16-11-1-4-13(5-2-11)24-9-15(21)18-17-8-10-7-12(20)3-6-14(10)19(22)23/h1-8,20H,9H2,(H,18,21). The van der Waals surface area contributed by atoms with Crippen molar-refractivity contribution in [2.45, 2.75) is 0 Å². The highest BCUT2D eigenvalue weighted by molar-refractivity contribution is 6.30. The van der Waals surface area contributed by atoms with Crippen LogP contribution >= 0.6 is 11.6 Å². The van der Waals surface area contributed by atoms with E-state index >= 15 is 0 Å². The number of hydrogen-bond donors (Lipinski definition) is 2. The summed E-state index contributed by atoms with van der Waals surface area (Å²) in [5.74, 6) is -0.245. The van der Waals surface area contributed by atoms with Crippen molar-refractivity contribution in [1.82, 2.24) is 5.43 Å². The molecular formula is C15H12ClN3O5. The normalized spacial score (nSPS) is 10.5. The van der Waals surface area contributed by atoms with Crippen LogP contribution < -0.4 is 10.2 Å². The average Bonchev–Trinajstić information content (AvgIpc) is 2.54. The first-order valence-corrected chi connectivity index (χ1v) is 7.01. The van der Waals surface area contributed by atoms with Crippen molar-refractivity contribution in [3.8, 4) is 11.5 Å². The van der Waals surface area contributed by atoms with E-state index in [9.17, 15) is 20.0 Å². The fourth-order valence-electron chi connectivity index (χ4n) is 1.70. The first-order chi connectivity index (χ1) is 11.5. The van der Waals surface area contributed by atoms with Gasteiger partial charge in [0.15, 0.2) is 6.61 Å². The topological polar surface area (TPSA) is 114 Å². The summed E-state index contributed by atoms with van der Waals surface area (Å²) in [5, 5.41) is 24.4. The van der Waals surface area contributed by atoms with E-state index < -0.39 is 10.8 Å². The summed E-state index contributed by atoms with van der Waals surface area (Å²) >= 11 is 5.73. The maximum atomic E-state index is 11.6. The van der Waals surface area contributed by atoms with E-state index in [-0.39, 0.29) is 23.6 Å². The van der Waals surface area contributed by atoms with Crippen molar-refractivity contribution in [3.63, 3.8) is 0 Å². The van der Waals surface area contributed by atoms with Gasteiger partial charge in [-0.05, 0) is 36.4 Å². The summed E-state index contributed by atoms with van der Waals surface area (Å²) in [5.41, 5.74) is 1.98. The van der Waals surface area contributed by atoms with Crippen LogP contribution in [0.4, 0.5) is 5.69 Å². The number of benzene rings is 2. The van der Waals surface area contributed by atoms with E-state index in [2.05, 4.69) is 10.5 Å². The number of hydrogen-bond acceptors (Lipinski definition) is 6. The van der Waals surface area contributed by atoms with Gasteiger partial charge in [0, 0.05) is 11.1 Å². The van der Waals surface area contributed by atoms with E-state index in [1.165, 1.54) is 6.07 Å². The molecule has 0 fully saturated rings. The van der Waals surface area contributed by atoms with E-state index in [4.69, 9.17) is 16.3 Å². The number of carbonyl (C=O) groups is 1. The summed E-state index contributed by atoms with van der Waals surface area (Å²) in [7, 11) is 0. The molecule has 2 N–H and O–H groups in total. The molecule has 0 saturated heterocycles. The first-order valence-electron chi connectivity index (χ1n) is 6.63. The van der Waals surface area contributed by atoms with Crippen molar-refractivity contribution in [2.24, 2.45) is 5.10 Å². The van der Waals surface area contributed by atoms with Crippen LogP contribution in [0, 0.1) is 10.1 Å². The lowest BCUT2D eigenvalue weighted by atomic mass is 10.2. The molecule has 0 atom stereocenters. The Kier molecular flexibility index (Phi) is 5.69. The van der Waals surface area contributed by atoms with Crippen LogP contribution in [0.1, 0.15) is 5.56 Å². The minimum Gasteiger partial charge on any atom is -0.508 e. The minimum absolute atomic E-state index is 0.0546. The number of nitro benzene ring substituents is 1. The Labute approximate surface area is 141 Å². The molecule has 24 heavy (non-hydrogen) atoms. The molecule has 0 radical (unpaired) electrons. The zero-order chi connectivity index (χ0) is 17.5. The molecular weight excluding hydrogens is 338 g/mol. The Hall–Kier alpha value is -3.13. The number of rotatable bonds is 6. The van der Waals surface area contributed by atoms with Crippen LogP contribution in [0.15, 0.2) is 47.6 Å². The quantitative estimate of drug-likeness (QED) is 0.472. The molecule has 9 heteroatoms. The highest BCUT2D eigenvalue weighted by atomic mass is 35.5. The molecule has 0 aliphatic carbocycles. The number of amides is 1. The Bertz CT molecular complexity index is 777. The van der Waals surface area contributed by atoms with E-state index in [0.717, 1.165) is 18.3 Å². The molecule has 8 nitrogen and oxygen atoms in total. The fraction of sp³-hybridized carbons (Fsp3) is 0.0667. The number of hydrazone groups is 1. The molecule has 0 saturated carbocycles. The molecule has 2 rings (SSSR count). The molecule has 2 aromatic carbocycles. The third-order valence-corrected chi connectivity index (χ3v) is 3.04. The lowest BCUT2D eigenvalue weighted by molar-refractivity contribution is -0.385. The zero-order valence-corrected chi connectivity index (χ0v) is 12.9. The predicted molar refractivity (Wildman–Crippen MR) is 87.4 cm³/mol. The van der Waals surface area contributed by atoms with Crippen LogP contribution in [0.2, 0.25) is 5.02 Å². The lowest BCUT2D eigenvalue weighted by Gasteiger charge is -2.04. The van der Waals surface area contributed by atoms with Crippen molar-refractivity contribution in [1.29, 1.82) is 0 Å². The summed E-state index contributed by atoms with van der Waals surface area (Å²) in [6.45, 7) is -0.291. The number of nitrogens with one attached hydrogen (secondary N) is 1. The molecule has 0 bridgehead atoms. The molecule has 0 aromatic heterocycles. The van der Waals surface area contributed by atoms with Gasteiger partial charge in [-0.1, -0.05) is 11.6 Å². The monoisotopic (exact) mass is 349 g/mol. The van der Waals surface area contributed by atoms with Gasteiger partial charge in [0.2, 0.25) is 0 Å². The molecule has 0 aliphatic rings. The largest absolute Gasteiger partial charge is 0.508 e. The van der Waals surface area contributed by atoms with Gasteiger partial charge >= 0.3 is 0 Å². The van der Waals surface area contributed by atoms with Crippen LogP contribution in [0.25, 0.3) is 0 Å². The molecule has 124 valence electrons. The van der Waals surface area contributed by atoms with Gasteiger partial charge in [0.1, 0.15) is 11.5 Å². The minimum atomic E-state index is -0.619. The van der Waals surface area contributed by atoms with Crippen LogP contribution in [0.3, 0.4) is 0 Å². The number of nitrogens with zero attached hydrogens (tertiary/aromatic N) is 2. The SMILES string of the molecule is O=C(COc1ccc(Cl)cc1)NN=Cc1cc(O)ccc1[N+](=O)[O-]. The molecule has 0 unspecified atom stereocenters. The van der Waals surface area contributed by atoms with Crippen LogP contribution in [0.5, 0.6) is 11.5 Å².